The lowest BCUT2D eigenvalue weighted by Gasteiger charge is -2.13. The predicted octanol–water partition coefficient (Wildman–Crippen LogP) is 3.53. The quantitative estimate of drug-likeness (QED) is 0.537. The van der Waals surface area contributed by atoms with Gasteiger partial charge in [-0.25, -0.2) is 4.79 Å². The van der Waals surface area contributed by atoms with E-state index in [0.29, 0.717) is 28.6 Å². The lowest BCUT2D eigenvalue weighted by atomic mass is 9.96. The molecule has 3 aromatic rings. The van der Waals surface area contributed by atoms with Crippen LogP contribution in [0.1, 0.15) is 10.4 Å². The highest BCUT2D eigenvalue weighted by Crippen LogP contribution is 2.42. The van der Waals surface area contributed by atoms with Crippen LogP contribution in [-0.2, 0) is 4.74 Å². The van der Waals surface area contributed by atoms with E-state index >= 15 is 0 Å². The molecule has 0 aliphatic carbocycles. The van der Waals surface area contributed by atoms with Gasteiger partial charge in [-0.2, -0.15) is 0 Å². The molecule has 0 radical (unpaired) electrons. The predicted molar refractivity (Wildman–Crippen MR) is 92.0 cm³/mol. The highest BCUT2D eigenvalue weighted by Gasteiger charge is 2.21. The number of fused-ring (bicyclic) bond motifs is 4. The van der Waals surface area contributed by atoms with Crippen molar-refractivity contribution in [2.24, 2.45) is 0 Å². The molecule has 0 aromatic heterocycles. The van der Waals surface area contributed by atoms with E-state index in [1.54, 1.807) is 26.4 Å². The monoisotopic (exact) mass is 340 g/mol. The zero-order chi connectivity index (χ0) is 17.6. The second kappa shape index (κ2) is 5.73. The van der Waals surface area contributed by atoms with E-state index in [2.05, 4.69) is 0 Å². The van der Waals surface area contributed by atoms with Crippen molar-refractivity contribution in [2.75, 3.05) is 28.1 Å². The molecule has 0 saturated heterocycles. The molecule has 1 aliphatic heterocycles. The van der Waals surface area contributed by atoms with Crippen molar-refractivity contribution < 1.29 is 28.5 Å². The molecule has 3 aromatic carbocycles. The minimum atomic E-state index is -0.416. The molecule has 128 valence electrons. The Balaban J connectivity index is 2.14. The summed E-state index contributed by atoms with van der Waals surface area (Å²) >= 11 is 0. The number of benzene rings is 3. The minimum Gasteiger partial charge on any atom is -0.493 e. The molecular formula is C19H16O6. The van der Waals surface area contributed by atoms with E-state index in [9.17, 15) is 4.79 Å². The fourth-order valence-corrected chi connectivity index (χ4v) is 3.15. The van der Waals surface area contributed by atoms with E-state index in [1.165, 1.54) is 7.11 Å². The molecule has 25 heavy (non-hydrogen) atoms. The Morgan fingerprint density at radius 3 is 2.12 bits per heavy atom. The van der Waals surface area contributed by atoms with Gasteiger partial charge in [-0.3, -0.25) is 0 Å². The number of carbonyl (C=O) groups excluding carboxylic acids is 1. The molecule has 4 rings (SSSR count). The second-order valence-electron chi connectivity index (χ2n) is 5.60. The fraction of sp³-hybridized carbons (Fsp3) is 0.211. The molecule has 0 amide bonds. The zero-order valence-corrected chi connectivity index (χ0v) is 14.0. The van der Waals surface area contributed by atoms with Crippen LogP contribution < -0.4 is 18.9 Å². The van der Waals surface area contributed by atoms with Gasteiger partial charge in [0.15, 0.2) is 23.0 Å². The Hall–Kier alpha value is -3.15. The molecule has 6 nitrogen and oxygen atoms in total. The maximum absolute atomic E-state index is 12.3. The van der Waals surface area contributed by atoms with Crippen LogP contribution in [0.15, 0.2) is 30.3 Å². The Kier molecular flexibility index (Phi) is 3.53. The van der Waals surface area contributed by atoms with Crippen molar-refractivity contribution in [1.82, 2.24) is 0 Å². The number of carbonyl (C=O) groups is 1. The summed E-state index contributed by atoms with van der Waals surface area (Å²) in [6, 6.07) is 9.19. The number of ether oxygens (including phenoxy) is 5. The first-order valence-corrected chi connectivity index (χ1v) is 7.66. The Bertz CT molecular complexity index is 1010. The van der Waals surface area contributed by atoms with Gasteiger partial charge in [0.25, 0.3) is 0 Å². The first kappa shape index (κ1) is 15.4. The summed E-state index contributed by atoms with van der Waals surface area (Å²) < 4.78 is 26.7. The number of methoxy groups -OCH3 is 3. The molecule has 0 fully saturated rings. The Morgan fingerprint density at radius 1 is 0.840 bits per heavy atom. The van der Waals surface area contributed by atoms with E-state index in [0.717, 1.165) is 21.5 Å². The first-order valence-electron chi connectivity index (χ1n) is 7.66. The normalized spacial score (nSPS) is 12.4. The topological polar surface area (TPSA) is 63.2 Å². The van der Waals surface area contributed by atoms with Gasteiger partial charge in [-0.05, 0) is 46.5 Å². The molecule has 0 N–H and O–H groups in total. The van der Waals surface area contributed by atoms with E-state index in [-0.39, 0.29) is 6.79 Å². The summed E-state index contributed by atoms with van der Waals surface area (Å²) in [4.78, 5) is 12.3. The third-order valence-corrected chi connectivity index (χ3v) is 4.35. The lowest BCUT2D eigenvalue weighted by Crippen LogP contribution is -2.03. The number of esters is 1. The van der Waals surface area contributed by atoms with Crippen molar-refractivity contribution in [3.8, 4) is 23.0 Å². The van der Waals surface area contributed by atoms with Crippen LogP contribution in [0, 0.1) is 0 Å². The second-order valence-corrected chi connectivity index (χ2v) is 5.60. The molecule has 0 atom stereocenters. The molecule has 1 heterocycles. The van der Waals surface area contributed by atoms with Gasteiger partial charge in [-0.1, -0.05) is 0 Å². The summed E-state index contributed by atoms with van der Waals surface area (Å²) in [7, 11) is 4.52. The molecule has 0 saturated carbocycles. The highest BCUT2D eigenvalue weighted by molar-refractivity contribution is 6.17. The van der Waals surface area contributed by atoms with Gasteiger partial charge in [0, 0.05) is 5.39 Å². The van der Waals surface area contributed by atoms with E-state index < -0.39 is 5.97 Å². The van der Waals surface area contributed by atoms with E-state index in [1.807, 2.05) is 18.2 Å². The highest BCUT2D eigenvalue weighted by atomic mass is 16.7. The number of hydrogen-bond acceptors (Lipinski definition) is 6. The lowest BCUT2D eigenvalue weighted by molar-refractivity contribution is 0.0603. The Morgan fingerprint density at radius 2 is 1.48 bits per heavy atom. The minimum absolute atomic E-state index is 0.161. The molecular weight excluding hydrogens is 324 g/mol. The summed E-state index contributed by atoms with van der Waals surface area (Å²) in [5, 5.41) is 3.34. The summed E-state index contributed by atoms with van der Waals surface area (Å²) in [5.74, 6) is 2.04. The van der Waals surface area contributed by atoms with Gasteiger partial charge < -0.3 is 23.7 Å². The molecule has 1 aliphatic rings. The SMILES string of the molecule is COC(=O)c1cc2cc(OC)c(OC)cc2c2cc3c(cc12)OCO3. The van der Waals surface area contributed by atoms with Crippen molar-refractivity contribution in [3.63, 3.8) is 0 Å². The molecule has 0 spiro atoms. The average Bonchev–Trinajstić information content (AvgIpc) is 3.11. The maximum Gasteiger partial charge on any atom is 0.338 e. The third kappa shape index (κ3) is 2.29. The van der Waals surface area contributed by atoms with Crippen LogP contribution in [-0.4, -0.2) is 34.1 Å². The fourth-order valence-electron chi connectivity index (χ4n) is 3.15. The summed E-state index contributed by atoms with van der Waals surface area (Å²) in [6.07, 6.45) is 0. The molecule has 0 unspecified atom stereocenters. The average molecular weight is 340 g/mol. The zero-order valence-electron chi connectivity index (χ0n) is 14.0. The van der Waals surface area contributed by atoms with Crippen molar-refractivity contribution >= 4 is 27.5 Å². The van der Waals surface area contributed by atoms with Crippen molar-refractivity contribution in [1.29, 1.82) is 0 Å². The van der Waals surface area contributed by atoms with Crippen LogP contribution in [0.2, 0.25) is 0 Å². The van der Waals surface area contributed by atoms with Crippen LogP contribution in [0.25, 0.3) is 21.5 Å². The third-order valence-electron chi connectivity index (χ3n) is 4.35. The summed E-state index contributed by atoms with van der Waals surface area (Å²) in [5.41, 5.74) is 0.454. The Labute approximate surface area is 143 Å². The maximum atomic E-state index is 12.3. The van der Waals surface area contributed by atoms with Crippen LogP contribution in [0.5, 0.6) is 23.0 Å². The number of rotatable bonds is 3. The largest absolute Gasteiger partial charge is 0.493 e. The smallest absolute Gasteiger partial charge is 0.338 e. The molecule has 0 bridgehead atoms. The van der Waals surface area contributed by atoms with Crippen LogP contribution >= 0.6 is 0 Å². The van der Waals surface area contributed by atoms with Gasteiger partial charge in [0.05, 0.1) is 26.9 Å². The van der Waals surface area contributed by atoms with Gasteiger partial charge in [0.2, 0.25) is 6.79 Å². The standard InChI is InChI=1S/C19H16O6/c1-21-15-5-10-4-14(19(20)23-3)13-8-18-17(24-9-25-18)7-12(13)11(10)6-16(15)22-2/h4-8H,9H2,1-3H3. The van der Waals surface area contributed by atoms with Gasteiger partial charge in [0.1, 0.15) is 0 Å². The van der Waals surface area contributed by atoms with E-state index in [4.69, 9.17) is 23.7 Å². The van der Waals surface area contributed by atoms with Crippen molar-refractivity contribution in [2.45, 2.75) is 0 Å². The van der Waals surface area contributed by atoms with Gasteiger partial charge in [-0.15, -0.1) is 0 Å². The van der Waals surface area contributed by atoms with Crippen molar-refractivity contribution in [3.05, 3.63) is 35.9 Å². The van der Waals surface area contributed by atoms with Gasteiger partial charge >= 0.3 is 5.97 Å². The molecule has 6 heteroatoms. The van der Waals surface area contributed by atoms with Crippen LogP contribution in [0.3, 0.4) is 0 Å². The number of hydrogen-bond donors (Lipinski definition) is 0. The first-order chi connectivity index (χ1) is 12.2. The van der Waals surface area contributed by atoms with Crippen LogP contribution in [0.4, 0.5) is 0 Å². The summed E-state index contributed by atoms with van der Waals surface area (Å²) in [6.45, 7) is 0.161.